The molecular weight excluding hydrogens is 365 g/mol. The van der Waals surface area contributed by atoms with Crippen LogP contribution in [0.3, 0.4) is 0 Å². The highest BCUT2D eigenvalue weighted by atomic mass is 35.5. The quantitative estimate of drug-likeness (QED) is 0.430. The van der Waals surface area contributed by atoms with Crippen molar-refractivity contribution in [3.8, 4) is 0 Å². The number of aliphatic hydroxyl groups is 1. The van der Waals surface area contributed by atoms with E-state index in [2.05, 4.69) is 24.8 Å². The van der Waals surface area contributed by atoms with Crippen molar-refractivity contribution >= 4 is 34.8 Å². The molecule has 0 bridgehead atoms. The van der Waals surface area contributed by atoms with Gasteiger partial charge in [0.2, 0.25) is 0 Å². The third-order valence-electron chi connectivity index (χ3n) is 4.82. The third kappa shape index (κ3) is 7.08. The van der Waals surface area contributed by atoms with Crippen molar-refractivity contribution in [2.45, 2.75) is 58.5 Å². The van der Waals surface area contributed by atoms with E-state index in [9.17, 15) is 5.11 Å². The lowest BCUT2D eigenvalue weighted by atomic mass is 10.00. The van der Waals surface area contributed by atoms with Crippen LogP contribution in [0.1, 0.15) is 64.0 Å². The molecule has 0 amide bonds. The smallest absolute Gasteiger partial charge is 0.0922 e. The number of nitrogens with zero attached hydrogens (tertiary/aromatic N) is 1. The Hall–Kier alpha value is -0.800. The highest BCUT2D eigenvalue weighted by molar-refractivity contribution is 6.31. The summed E-state index contributed by atoms with van der Waals surface area (Å²) in [6.07, 6.45) is 6.93. The molecule has 2 aromatic carbocycles. The number of hydrogen-bond donors (Lipinski definition) is 1. The summed E-state index contributed by atoms with van der Waals surface area (Å²) in [5, 5.41) is 13.8. The van der Waals surface area contributed by atoms with Crippen LogP contribution in [0.15, 0.2) is 36.4 Å². The van der Waals surface area contributed by atoms with E-state index in [1.807, 2.05) is 30.3 Å². The second-order valence-electron chi connectivity index (χ2n) is 6.94. The Morgan fingerprint density at radius 3 is 2.23 bits per heavy atom. The summed E-state index contributed by atoms with van der Waals surface area (Å²) >= 11 is 6.11. The fraction of sp³-hybridized carbons (Fsp3) is 0.545. The normalized spacial score (nSPS) is 12.3. The average Bonchev–Trinajstić information content (AvgIpc) is 2.61. The van der Waals surface area contributed by atoms with Crippen LogP contribution < -0.4 is 0 Å². The molecule has 0 aliphatic rings. The first-order valence-electron chi connectivity index (χ1n) is 9.74. The van der Waals surface area contributed by atoms with Gasteiger partial charge < -0.3 is 10.0 Å². The Morgan fingerprint density at radius 1 is 0.962 bits per heavy atom. The molecule has 0 fully saturated rings. The van der Waals surface area contributed by atoms with E-state index in [4.69, 9.17) is 11.6 Å². The molecular formula is C22H33Cl2NO. The first-order chi connectivity index (χ1) is 12.2. The van der Waals surface area contributed by atoms with Gasteiger partial charge in [-0.2, -0.15) is 0 Å². The summed E-state index contributed by atoms with van der Waals surface area (Å²) in [5.41, 5.74) is 1.00. The monoisotopic (exact) mass is 397 g/mol. The molecule has 0 aliphatic carbocycles. The Bertz CT molecular complexity index is 637. The van der Waals surface area contributed by atoms with Crippen molar-refractivity contribution in [1.29, 1.82) is 0 Å². The van der Waals surface area contributed by atoms with Crippen LogP contribution in [0.4, 0.5) is 0 Å². The van der Waals surface area contributed by atoms with E-state index in [0.717, 1.165) is 34.4 Å². The second kappa shape index (κ2) is 12.6. The minimum Gasteiger partial charge on any atom is -0.387 e. The number of unbranched alkanes of at least 4 members (excludes halogenated alkanes) is 4. The number of rotatable bonds is 11. The van der Waals surface area contributed by atoms with Gasteiger partial charge in [0, 0.05) is 11.6 Å². The van der Waals surface area contributed by atoms with Crippen LogP contribution in [0.5, 0.6) is 0 Å². The zero-order valence-electron chi connectivity index (χ0n) is 16.1. The molecule has 0 spiro atoms. The summed E-state index contributed by atoms with van der Waals surface area (Å²) in [6, 6.07) is 12.0. The predicted octanol–water partition coefficient (Wildman–Crippen LogP) is 6.63. The van der Waals surface area contributed by atoms with E-state index in [-0.39, 0.29) is 12.4 Å². The van der Waals surface area contributed by atoms with Gasteiger partial charge in [0.15, 0.2) is 0 Å². The highest BCUT2D eigenvalue weighted by Crippen LogP contribution is 2.27. The SMILES string of the molecule is CCCCCN(CCCCC)CC(O)c1cccc2cc(Cl)ccc12.Cl. The molecule has 1 N–H and O–H groups in total. The van der Waals surface area contributed by atoms with Crippen LogP contribution in [0.25, 0.3) is 10.8 Å². The predicted molar refractivity (Wildman–Crippen MR) is 117 cm³/mol. The van der Waals surface area contributed by atoms with E-state index in [0.29, 0.717) is 6.54 Å². The van der Waals surface area contributed by atoms with Crippen LogP contribution >= 0.6 is 24.0 Å². The van der Waals surface area contributed by atoms with Gasteiger partial charge in [-0.15, -0.1) is 12.4 Å². The van der Waals surface area contributed by atoms with E-state index >= 15 is 0 Å². The summed E-state index contributed by atoms with van der Waals surface area (Å²) < 4.78 is 0. The topological polar surface area (TPSA) is 23.5 Å². The lowest BCUT2D eigenvalue weighted by Crippen LogP contribution is -2.31. The second-order valence-corrected chi connectivity index (χ2v) is 7.38. The molecule has 1 unspecified atom stereocenters. The lowest BCUT2D eigenvalue weighted by Gasteiger charge is -2.26. The van der Waals surface area contributed by atoms with Crippen molar-refractivity contribution in [2.24, 2.45) is 0 Å². The molecule has 0 saturated heterocycles. The largest absolute Gasteiger partial charge is 0.387 e. The number of hydrogen-bond acceptors (Lipinski definition) is 2. The number of benzene rings is 2. The maximum Gasteiger partial charge on any atom is 0.0922 e. The molecule has 0 saturated carbocycles. The molecule has 0 radical (unpaired) electrons. The molecule has 0 aromatic heterocycles. The van der Waals surface area contributed by atoms with Crippen molar-refractivity contribution in [1.82, 2.24) is 4.90 Å². The first-order valence-corrected chi connectivity index (χ1v) is 10.1. The molecule has 0 heterocycles. The molecule has 2 rings (SSSR count). The summed E-state index contributed by atoms with van der Waals surface area (Å²) in [7, 11) is 0. The van der Waals surface area contributed by atoms with E-state index in [1.54, 1.807) is 0 Å². The van der Waals surface area contributed by atoms with Crippen LogP contribution in [0.2, 0.25) is 5.02 Å². The molecule has 1 atom stereocenters. The van der Waals surface area contributed by atoms with Gasteiger partial charge in [-0.05, 0) is 54.4 Å². The van der Waals surface area contributed by atoms with Gasteiger partial charge >= 0.3 is 0 Å². The lowest BCUT2D eigenvalue weighted by molar-refractivity contribution is 0.111. The molecule has 4 heteroatoms. The summed E-state index contributed by atoms with van der Waals surface area (Å²) in [5.74, 6) is 0. The van der Waals surface area contributed by atoms with Crippen LogP contribution in [-0.4, -0.2) is 29.6 Å². The van der Waals surface area contributed by atoms with Crippen molar-refractivity contribution in [3.63, 3.8) is 0 Å². The van der Waals surface area contributed by atoms with Gasteiger partial charge in [0.05, 0.1) is 6.10 Å². The minimum absolute atomic E-state index is 0. The average molecular weight is 398 g/mol. The molecule has 26 heavy (non-hydrogen) atoms. The molecule has 2 aromatic rings. The van der Waals surface area contributed by atoms with Gasteiger partial charge in [-0.25, -0.2) is 0 Å². The van der Waals surface area contributed by atoms with Crippen molar-refractivity contribution in [2.75, 3.05) is 19.6 Å². The number of aliphatic hydroxyl groups excluding tert-OH is 1. The highest BCUT2D eigenvalue weighted by Gasteiger charge is 2.15. The zero-order valence-corrected chi connectivity index (χ0v) is 17.7. The standard InChI is InChI=1S/C22H32ClNO.ClH/c1-3-5-7-14-24(15-8-6-4-2)17-22(25)21-11-9-10-18-16-19(23)12-13-20(18)21;/h9-13,16,22,25H,3-8,14-15,17H2,1-2H3;1H. The molecule has 0 aliphatic heterocycles. The first kappa shape index (κ1) is 23.2. The Balaban J connectivity index is 0.00000338. The van der Waals surface area contributed by atoms with Gasteiger partial charge in [0.25, 0.3) is 0 Å². The number of halogens is 2. The van der Waals surface area contributed by atoms with Crippen molar-refractivity contribution in [3.05, 3.63) is 47.0 Å². The van der Waals surface area contributed by atoms with Gasteiger partial charge in [-0.3, -0.25) is 0 Å². The van der Waals surface area contributed by atoms with E-state index < -0.39 is 6.10 Å². The number of fused-ring (bicyclic) bond motifs is 1. The maximum absolute atomic E-state index is 10.9. The van der Waals surface area contributed by atoms with Crippen molar-refractivity contribution < 1.29 is 5.11 Å². The maximum atomic E-state index is 10.9. The Kier molecular flexibility index (Phi) is 11.2. The molecule has 146 valence electrons. The zero-order chi connectivity index (χ0) is 18.1. The van der Waals surface area contributed by atoms with Gasteiger partial charge in [-0.1, -0.05) is 75.4 Å². The van der Waals surface area contributed by atoms with Crippen LogP contribution in [-0.2, 0) is 0 Å². The van der Waals surface area contributed by atoms with Gasteiger partial charge in [0.1, 0.15) is 0 Å². The molecule has 2 nitrogen and oxygen atoms in total. The van der Waals surface area contributed by atoms with Crippen LogP contribution in [0, 0.1) is 0 Å². The fourth-order valence-electron chi connectivity index (χ4n) is 3.38. The Morgan fingerprint density at radius 2 is 1.62 bits per heavy atom. The third-order valence-corrected chi connectivity index (χ3v) is 5.06. The Labute approximate surface area is 170 Å². The summed E-state index contributed by atoms with van der Waals surface area (Å²) in [6.45, 7) is 7.32. The fourth-order valence-corrected chi connectivity index (χ4v) is 3.56. The van der Waals surface area contributed by atoms with E-state index in [1.165, 1.54) is 38.5 Å². The summed E-state index contributed by atoms with van der Waals surface area (Å²) in [4.78, 5) is 2.44. The minimum atomic E-state index is -0.465.